The van der Waals surface area contributed by atoms with Crippen LogP contribution in [0.5, 0.6) is 0 Å². The van der Waals surface area contributed by atoms with Crippen molar-refractivity contribution in [2.45, 2.75) is 24.9 Å². The third-order valence-electron chi connectivity index (χ3n) is 5.74. The van der Waals surface area contributed by atoms with Crippen molar-refractivity contribution < 1.29 is 19.1 Å². The van der Waals surface area contributed by atoms with Gasteiger partial charge in [-0.2, -0.15) is 0 Å². The molecule has 35 heavy (non-hydrogen) atoms. The summed E-state index contributed by atoms with van der Waals surface area (Å²) < 4.78 is 14.9. The number of anilines is 1. The van der Waals surface area contributed by atoms with Gasteiger partial charge in [-0.25, -0.2) is 14.2 Å². The van der Waals surface area contributed by atoms with Crippen LogP contribution in [0.15, 0.2) is 42.5 Å². The average Bonchev–Trinajstić information content (AvgIpc) is 3.14. The monoisotopic (exact) mass is 523 g/mol. The molecule has 0 aliphatic rings. The Labute approximate surface area is 212 Å². The van der Waals surface area contributed by atoms with Crippen LogP contribution in [-0.4, -0.2) is 63.5 Å². The molecule has 0 saturated heterocycles. The Balaban J connectivity index is 1.75. The van der Waals surface area contributed by atoms with Crippen LogP contribution in [-0.2, 0) is 29.5 Å². The van der Waals surface area contributed by atoms with Gasteiger partial charge in [-0.05, 0) is 42.3 Å². The third-order valence-corrected chi connectivity index (χ3v) is 6.08. The van der Waals surface area contributed by atoms with Crippen LogP contribution in [0.1, 0.15) is 11.4 Å². The summed E-state index contributed by atoms with van der Waals surface area (Å²) in [5, 5.41) is 12.2. The Morgan fingerprint density at radius 2 is 1.80 bits per heavy atom. The van der Waals surface area contributed by atoms with Crippen LogP contribution in [0.4, 0.5) is 10.1 Å². The SMILES string of the molecule is Cn1c(CC(NC(=O)C(N)Cc2ccc(F)cc2)C(=O)O)nc2cc(N(CCCl)CCCl)ccc21. The first-order chi connectivity index (χ1) is 16.7. The lowest BCUT2D eigenvalue weighted by Crippen LogP contribution is -2.50. The number of fused-ring (bicyclic) bond motifs is 1. The summed E-state index contributed by atoms with van der Waals surface area (Å²) in [4.78, 5) is 31.2. The zero-order chi connectivity index (χ0) is 25.5. The molecule has 0 aliphatic carbocycles. The summed E-state index contributed by atoms with van der Waals surface area (Å²) in [6, 6.07) is 9.18. The van der Waals surface area contributed by atoms with E-state index in [4.69, 9.17) is 28.9 Å². The molecule has 0 spiro atoms. The largest absolute Gasteiger partial charge is 0.480 e. The van der Waals surface area contributed by atoms with E-state index in [1.807, 2.05) is 18.2 Å². The number of nitrogens with one attached hydrogen (secondary N) is 1. The number of nitrogens with two attached hydrogens (primary N) is 1. The number of aryl methyl sites for hydroxylation is 1. The number of rotatable bonds is 12. The van der Waals surface area contributed by atoms with Crippen molar-refractivity contribution in [1.82, 2.24) is 14.9 Å². The fourth-order valence-corrected chi connectivity index (χ4v) is 4.23. The minimum absolute atomic E-state index is 0.0298. The fourth-order valence-electron chi connectivity index (χ4n) is 3.82. The van der Waals surface area contributed by atoms with Gasteiger partial charge in [0.1, 0.15) is 17.7 Å². The number of hydrogen-bond acceptors (Lipinski definition) is 5. The Morgan fingerprint density at radius 1 is 1.14 bits per heavy atom. The molecule has 2 unspecified atom stereocenters. The average molecular weight is 524 g/mol. The number of aromatic nitrogens is 2. The molecule has 0 aliphatic heterocycles. The number of carboxylic acid groups (broad SMARTS) is 1. The standard InChI is InChI=1S/C24H28Cl2FN5O3/c1-31-21-7-6-17(32(10-8-25)11-9-26)13-19(21)29-22(31)14-20(24(34)35)30-23(33)18(28)12-15-2-4-16(27)5-3-15/h2-7,13,18,20H,8-12,14,28H2,1H3,(H,30,33)(H,34,35). The molecule has 1 aromatic heterocycles. The molecule has 3 aromatic rings. The van der Waals surface area contributed by atoms with E-state index in [-0.39, 0.29) is 12.8 Å². The molecule has 1 amide bonds. The van der Waals surface area contributed by atoms with Crippen molar-refractivity contribution in [2.24, 2.45) is 12.8 Å². The van der Waals surface area contributed by atoms with E-state index in [2.05, 4.69) is 15.2 Å². The zero-order valence-corrected chi connectivity index (χ0v) is 20.8. The van der Waals surface area contributed by atoms with Crippen LogP contribution in [0.3, 0.4) is 0 Å². The highest BCUT2D eigenvalue weighted by Crippen LogP contribution is 2.23. The highest BCUT2D eigenvalue weighted by atomic mass is 35.5. The topological polar surface area (TPSA) is 113 Å². The number of halogens is 3. The van der Waals surface area contributed by atoms with Crippen LogP contribution in [0.2, 0.25) is 0 Å². The van der Waals surface area contributed by atoms with E-state index < -0.39 is 29.8 Å². The third kappa shape index (κ3) is 6.84. The van der Waals surface area contributed by atoms with Crippen molar-refractivity contribution in [2.75, 3.05) is 29.7 Å². The van der Waals surface area contributed by atoms with Gasteiger partial charge in [-0.15, -0.1) is 23.2 Å². The normalized spacial score (nSPS) is 12.9. The molecular weight excluding hydrogens is 496 g/mol. The van der Waals surface area contributed by atoms with Crippen LogP contribution in [0, 0.1) is 5.82 Å². The number of amides is 1. The molecule has 188 valence electrons. The van der Waals surface area contributed by atoms with Gasteiger partial charge in [0.15, 0.2) is 0 Å². The minimum atomic E-state index is -1.22. The van der Waals surface area contributed by atoms with Crippen molar-refractivity contribution in [3.8, 4) is 0 Å². The van der Waals surface area contributed by atoms with Crippen molar-refractivity contribution >= 4 is 51.8 Å². The first-order valence-corrected chi connectivity index (χ1v) is 12.2. The number of carboxylic acids is 1. The van der Waals surface area contributed by atoms with Gasteiger partial charge < -0.3 is 25.6 Å². The van der Waals surface area contributed by atoms with E-state index in [1.54, 1.807) is 11.6 Å². The van der Waals surface area contributed by atoms with Crippen molar-refractivity contribution in [3.63, 3.8) is 0 Å². The molecule has 11 heteroatoms. The summed E-state index contributed by atoms with van der Waals surface area (Å²) in [5.74, 6) is -0.801. The second-order valence-electron chi connectivity index (χ2n) is 8.17. The predicted molar refractivity (Wildman–Crippen MR) is 136 cm³/mol. The highest BCUT2D eigenvalue weighted by Gasteiger charge is 2.26. The maximum absolute atomic E-state index is 13.1. The molecule has 0 radical (unpaired) electrons. The number of nitrogens with zero attached hydrogens (tertiary/aromatic N) is 3. The molecule has 1 heterocycles. The molecule has 3 rings (SSSR count). The fraction of sp³-hybridized carbons (Fsp3) is 0.375. The van der Waals surface area contributed by atoms with Gasteiger partial charge in [0.2, 0.25) is 5.91 Å². The van der Waals surface area contributed by atoms with E-state index in [0.29, 0.717) is 41.8 Å². The van der Waals surface area contributed by atoms with Gasteiger partial charge in [0.25, 0.3) is 0 Å². The van der Waals surface area contributed by atoms with Gasteiger partial charge >= 0.3 is 5.97 Å². The lowest BCUT2D eigenvalue weighted by molar-refractivity contribution is -0.142. The highest BCUT2D eigenvalue weighted by molar-refractivity contribution is 6.18. The Kier molecular flexibility index (Phi) is 9.31. The molecule has 2 atom stereocenters. The number of imidazole rings is 1. The lowest BCUT2D eigenvalue weighted by Gasteiger charge is -2.22. The summed E-state index contributed by atoms with van der Waals surface area (Å²) in [6.45, 7) is 1.26. The molecule has 0 saturated carbocycles. The summed E-state index contributed by atoms with van der Waals surface area (Å²) in [5.41, 5.74) is 9.07. The van der Waals surface area contributed by atoms with E-state index >= 15 is 0 Å². The van der Waals surface area contributed by atoms with Crippen LogP contribution >= 0.6 is 23.2 Å². The molecule has 2 aromatic carbocycles. The van der Waals surface area contributed by atoms with Crippen LogP contribution in [0.25, 0.3) is 11.0 Å². The number of alkyl halides is 2. The molecule has 4 N–H and O–H groups in total. The molecule has 0 bridgehead atoms. The van der Waals surface area contributed by atoms with E-state index in [0.717, 1.165) is 11.2 Å². The first-order valence-electron chi connectivity index (χ1n) is 11.1. The number of hydrogen-bond donors (Lipinski definition) is 3. The number of benzene rings is 2. The zero-order valence-electron chi connectivity index (χ0n) is 19.3. The van der Waals surface area contributed by atoms with Gasteiger partial charge in [0.05, 0.1) is 17.1 Å². The van der Waals surface area contributed by atoms with Crippen LogP contribution < -0.4 is 16.0 Å². The predicted octanol–water partition coefficient (Wildman–Crippen LogP) is 2.68. The second kappa shape index (κ2) is 12.2. The molecule has 8 nitrogen and oxygen atoms in total. The van der Waals surface area contributed by atoms with Crippen molar-refractivity contribution in [3.05, 3.63) is 59.7 Å². The maximum Gasteiger partial charge on any atom is 0.326 e. The minimum Gasteiger partial charge on any atom is -0.480 e. The quantitative estimate of drug-likeness (QED) is 0.314. The van der Waals surface area contributed by atoms with Gasteiger partial charge in [-0.1, -0.05) is 12.1 Å². The Hall–Kier alpha value is -2.88. The molecular formula is C24H28Cl2FN5O3. The number of carbonyl (C=O) groups excluding carboxylic acids is 1. The summed E-state index contributed by atoms with van der Waals surface area (Å²) in [6.07, 6.45) is 0.118. The number of aliphatic carboxylic acids is 1. The molecule has 0 fully saturated rings. The summed E-state index contributed by atoms with van der Waals surface area (Å²) >= 11 is 11.8. The van der Waals surface area contributed by atoms with Gasteiger partial charge in [-0.3, -0.25) is 4.79 Å². The lowest BCUT2D eigenvalue weighted by atomic mass is 10.1. The van der Waals surface area contributed by atoms with E-state index in [9.17, 15) is 19.1 Å². The Bertz CT molecular complexity index is 1170. The first kappa shape index (κ1) is 26.7. The van der Waals surface area contributed by atoms with Gasteiger partial charge in [0, 0.05) is 44.0 Å². The second-order valence-corrected chi connectivity index (χ2v) is 8.92. The summed E-state index contributed by atoms with van der Waals surface area (Å²) in [7, 11) is 1.79. The smallest absolute Gasteiger partial charge is 0.326 e. The van der Waals surface area contributed by atoms with Crippen molar-refractivity contribution in [1.29, 1.82) is 0 Å². The Morgan fingerprint density at radius 3 is 2.40 bits per heavy atom. The van der Waals surface area contributed by atoms with E-state index in [1.165, 1.54) is 24.3 Å². The number of carbonyl (C=O) groups is 2. The maximum atomic E-state index is 13.1.